The van der Waals surface area contributed by atoms with E-state index in [4.69, 9.17) is 10.5 Å². The lowest BCUT2D eigenvalue weighted by atomic mass is 9.57. The van der Waals surface area contributed by atoms with Gasteiger partial charge in [-0.2, -0.15) is 0 Å². The van der Waals surface area contributed by atoms with E-state index in [2.05, 4.69) is 18.7 Å². The van der Waals surface area contributed by atoms with Gasteiger partial charge in [0.2, 0.25) is 5.91 Å². The van der Waals surface area contributed by atoms with Crippen molar-refractivity contribution in [3.8, 4) is 0 Å². The maximum atomic E-state index is 10.8. The van der Waals surface area contributed by atoms with Crippen LogP contribution in [0.5, 0.6) is 0 Å². The number of amides is 1. The molecule has 1 spiro atoms. The van der Waals surface area contributed by atoms with E-state index in [-0.39, 0.29) is 5.91 Å². The van der Waals surface area contributed by atoms with E-state index in [0.717, 1.165) is 25.6 Å². The molecule has 0 aromatic rings. The number of nitrogens with two attached hydrogens (primary N) is 1. The van der Waals surface area contributed by atoms with E-state index in [1.807, 2.05) is 0 Å². The second-order valence-corrected chi connectivity index (χ2v) is 6.45. The molecule has 0 bridgehead atoms. The lowest BCUT2D eigenvalue weighted by molar-refractivity contribution is -0.130. The van der Waals surface area contributed by atoms with Crippen LogP contribution in [0.3, 0.4) is 0 Å². The lowest BCUT2D eigenvalue weighted by Crippen LogP contribution is -2.63. The first kappa shape index (κ1) is 13.8. The molecule has 1 amide bonds. The minimum atomic E-state index is -0.202. The van der Waals surface area contributed by atoms with Gasteiger partial charge in [-0.05, 0) is 50.9 Å². The number of hydrogen-bond donors (Lipinski definition) is 1. The second kappa shape index (κ2) is 5.57. The van der Waals surface area contributed by atoms with Crippen LogP contribution in [0.4, 0.5) is 0 Å². The summed E-state index contributed by atoms with van der Waals surface area (Å²) in [7, 11) is 0. The molecule has 104 valence electrons. The number of hydrogen-bond acceptors (Lipinski definition) is 3. The third-order valence-electron chi connectivity index (χ3n) is 4.15. The van der Waals surface area contributed by atoms with Gasteiger partial charge in [-0.25, -0.2) is 0 Å². The number of primary amides is 1. The normalized spacial score (nSPS) is 23.1. The number of likely N-dealkylation sites (tertiary alicyclic amines) is 1. The zero-order valence-corrected chi connectivity index (χ0v) is 11.7. The zero-order valence-electron chi connectivity index (χ0n) is 11.7. The van der Waals surface area contributed by atoms with Crippen LogP contribution in [0.25, 0.3) is 0 Å². The van der Waals surface area contributed by atoms with Gasteiger partial charge in [0.1, 0.15) is 0 Å². The summed E-state index contributed by atoms with van der Waals surface area (Å²) in [5, 5.41) is 0. The van der Waals surface area contributed by atoms with Crippen LogP contribution in [0, 0.1) is 11.3 Å². The minimum absolute atomic E-state index is 0.202. The number of nitrogens with zero attached hydrogens (tertiary/aromatic N) is 1. The Kier molecular flexibility index (Phi) is 4.28. The Morgan fingerprint density at radius 2 is 2.11 bits per heavy atom. The molecule has 2 aliphatic rings. The summed E-state index contributed by atoms with van der Waals surface area (Å²) >= 11 is 0. The largest absolute Gasteiger partial charge is 0.379 e. The van der Waals surface area contributed by atoms with Gasteiger partial charge >= 0.3 is 0 Å². The van der Waals surface area contributed by atoms with Crippen LogP contribution in [-0.4, -0.2) is 43.2 Å². The van der Waals surface area contributed by atoms with Gasteiger partial charge in [0.05, 0.1) is 12.6 Å². The fraction of sp³-hybridized carbons (Fsp3) is 0.929. The molecule has 0 aromatic heterocycles. The fourth-order valence-corrected chi connectivity index (χ4v) is 3.55. The van der Waals surface area contributed by atoms with Gasteiger partial charge in [0.15, 0.2) is 0 Å². The van der Waals surface area contributed by atoms with E-state index in [0.29, 0.717) is 18.1 Å². The smallest absolute Gasteiger partial charge is 0.231 e. The van der Waals surface area contributed by atoms with Crippen molar-refractivity contribution in [2.24, 2.45) is 17.1 Å². The van der Waals surface area contributed by atoms with Crippen LogP contribution in [0.1, 0.15) is 39.5 Å². The average Bonchev–Trinajstić information content (AvgIpc) is 2.15. The molecule has 4 nitrogen and oxygen atoms in total. The summed E-state index contributed by atoms with van der Waals surface area (Å²) < 4.78 is 5.55. The Hall–Kier alpha value is -0.610. The maximum Gasteiger partial charge on any atom is 0.231 e. The molecular formula is C14H26N2O2. The first-order chi connectivity index (χ1) is 8.49. The summed E-state index contributed by atoms with van der Waals surface area (Å²) in [6.07, 6.45) is 5.51. The molecule has 0 aromatic carbocycles. The number of carbonyl (C=O) groups excluding carboxylic acids is 1. The number of carbonyl (C=O) groups is 1. The van der Waals surface area contributed by atoms with Crippen LogP contribution in [-0.2, 0) is 9.53 Å². The predicted octanol–water partition coefficient (Wildman–Crippen LogP) is 1.39. The van der Waals surface area contributed by atoms with E-state index in [1.54, 1.807) is 0 Å². The molecule has 1 aliphatic carbocycles. The summed E-state index contributed by atoms with van der Waals surface area (Å²) in [5.41, 5.74) is 5.73. The third kappa shape index (κ3) is 3.45. The van der Waals surface area contributed by atoms with Crippen molar-refractivity contribution in [2.45, 2.75) is 45.6 Å². The Morgan fingerprint density at radius 3 is 2.67 bits per heavy atom. The first-order valence-electron chi connectivity index (χ1n) is 7.11. The van der Waals surface area contributed by atoms with E-state index >= 15 is 0 Å². The van der Waals surface area contributed by atoms with Crippen molar-refractivity contribution in [1.82, 2.24) is 4.90 Å². The molecule has 1 saturated carbocycles. The first-order valence-corrected chi connectivity index (χ1v) is 7.11. The Morgan fingerprint density at radius 1 is 1.44 bits per heavy atom. The summed E-state index contributed by atoms with van der Waals surface area (Å²) in [5.74, 6) is 0.683. The van der Waals surface area contributed by atoms with Crippen LogP contribution in [0.15, 0.2) is 0 Å². The van der Waals surface area contributed by atoms with Gasteiger partial charge in [0.25, 0.3) is 0 Å². The maximum absolute atomic E-state index is 10.8. The molecule has 0 radical (unpaired) electrons. The highest BCUT2D eigenvalue weighted by Gasteiger charge is 2.51. The highest BCUT2D eigenvalue weighted by atomic mass is 16.5. The zero-order chi connectivity index (χ0) is 13.2. The van der Waals surface area contributed by atoms with E-state index in [1.165, 1.54) is 25.7 Å². The quantitative estimate of drug-likeness (QED) is 0.699. The Balaban J connectivity index is 1.52. The van der Waals surface area contributed by atoms with Crippen LogP contribution >= 0.6 is 0 Å². The minimum Gasteiger partial charge on any atom is -0.379 e. The van der Waals surface area contributed by atoms with Gasteiger partial charge in [0, 0.05) is 19.7 Å². The Bertz CT molecular complexity index is 290. The van der Waals surface area contributed by atoms with Crippen LogP contribution < -0.4 is 5.73 Å². The molecule has 2 fully saturated rings. The third-order valence-corrected chi connectivity index (χ3v) is 4.15. The van der Waals surface area contributed by atoms with Crippen molar-refractivity contribution in [3.63, 3.8) is 0 Å². The average molecular weight is 254 g/mol. The predicted molar refractivity (Wildman–Crippen MR) is 71.1 cm³/mol. The molecular weight excluding hydrogens is 228 g/mol. The molecule has 0 atom stereocenters. The van der Waals surface area contributed by atoms with Gasteiger partial charge in [-0.3, -0.25) is 9.69 Å². The van der Waals surface area contributed by atoms with Gasteiger partial charge < -0.3 is 10.5 Å². The Labute approximate surface area is 110 Å². The fourth-order valence-electron chi connectivity index (χ4n) is 3.55. The highest BCUT2D eigenvalue weighted by Crippen LogP contribution is 2.53. The van der Waals surface area contributed by atoms with Crippen molar-refractivity contribution in [1.29, 1.82) is 0 Å². The SMILES string of the molecule is CC(C)OCCCC1CC2(C1)CN(CC(N)=O)C2. The molecule has 2 N–H and O–H groups in total. The van der Waals surface area contributed by atoms with Crippen molar-refractivity contribution in [3.05, 3.63) is 0 Å². The number of rotatable bonds is 7. The number of ether oxygens (including phenoxy) is 1. The summed E-state index contributed by atoms with van der Waals surface area (Å²) in [4.78, 5) is 12.9. The lowest BCUT2D eigenvalue weighted by Gasteiger charge is -2.59. The molecule has 18 heavy (non-hydrogen) atoms. The molecule has 1 aliphatic heterocycles. The summed E-state index contributed by atoms with van der Waals surface area (Å²) in [6.45, 7) is 7.66. The highest BCUT2D eigenvalue weighted by molar-refractivity contribution is 5.76. The molecule has 4 heteroatoms. The topological polar surface area (TPSA) is 55.6 Å². The van der Waals surface area contributed by atoms with Gasteiger partial charge in [-0.1, -0.05) is 0 Å². The van der Waals surface area contributed by atoms with Gasteiger partial charge in [-0.15, -0.1) is 0 Å². The van der Waals surface area contributed by atoms with Crippen LogP contribution in [0.2, 0.25) is 0 Å². The van der Waals surface area contributed by atoms with Crippen molar-refractivity contribution >= 4 is 5.91 Å². The van der Waals surface area contributed by atoms with E-state index < -0.39 is 0 Å². The van der Waals surface area contributed by atoms with Crippen molar-refractivity contribution < 1.29 is 9.53 Å². The molecule has 2 rings (SSSR count). The second-order valence-electron chi connectivity index (χ2n) is 6.45. The standard InChI is InChI=1S/C14H26N2O2/c1-11(2)18-5-3-4-12-6-14(7-12)9-16(10-14)8-13(15)17/h11-12H,3-10H2,1-2H3,(H2,15,17). The molecule has 1 heterocycles. The monoisotopic (exact) mass is 254 g/mol. The van der Waals surface area contributed by atoms with Crippen molar-refractivity contribution in [2.75, 3.05) is 26.2 Å². The molecule has 0 unspecified atom stereocenters. The van der Waals surface area contributed by atoms with E-state index in [9.17, 15) is 4.79 Å². The summed E-state index contributed by atoms with van der Waals surface area (Å²) in [6, 6.07) is 0. The molecule has 1 saturated heterocycles.